The molecule has 2 saturated heterocycles. The Balaban J connectivity index is 1.54. The van der Waals surface area contributed by atoms with Crippen LogP contribution in [-0.4, -0.2) is 70.3 Å². The normalized spacial score (nSPS) is 20.3. The van der Waals surface area contributed by atoms with Crippen LogP contribution in [0.1, 0.15) is 61.3 Å². The minimum atomic E-state index is -0.0486. The lowest BCUT2D eigenvalue weighted by molar-refractivity contribution is -0.129. The molecule has 35 heavy (non-hydrogen) atoms. The summed E-state index contributed by atoms with van der Waals surface area (Å²) in [5, 5.41) is 1.07. The topological polar surface area (TPSA) is 72.9 Å². The van der Waals surface area contributed by atoms with E-state index in [4.69, 9.17) is 33.2 Å². The third-order valence-electron chi connectivity index (χ3n) is 7.25. The van der Waals surface area contributed by atoms with Crippen LogP contribution in [-0.2, 0) is 11.3 Å². The largest absolute Gasteiger partial charge is 0.349 e. The zero-order valence-corrected chi connectivity index (χ0v) is 21.8. The number of anilines is 2. The summed E-state index contributed by atoms with van der Waals surface area (Å²) >= 11 is 12.5. The van der Waals surface area contributed by atoms with Crippen molar-refractivity contribution >= 4 is 46.8 Å². The number of hydrogen-bond acceptors (Lipinski definition) is 6. The summed E-state index contributed by atoms with van der Waals surface area (Å²) in [5.74, 6) is 1.40. The molecular weight excluding hydrogens is 487 g/mol. The highest BCUT2D eigenvalue weighted by molar-refractivity contribution is 6.42. The van der Waals surface area contributed by atoms with Crippen LogP contribution < -0.4 is 9.80 Å². The molecule has 5 rings (SSSR count). The zero-order valence-electron chi connectivity index (χ0n) is 20.3. The van der Waals surface area contributed by atoms with Gasteiger partial charge >= 0.3 is 0 Å². The third-order valence-corrected chi connectivity index (χ3v) is 7.99. The molecule has 2 aromatic rings. The van der Waals surface area contributed by atoms with Crippen molar-refractivity contribution < 1.29 is 9.59 Å². The maximum Gasteiger partial charge on any atom is 0.273 e. The number of halogens is 2. The van der Waals surface area contributed by atoms with E-state index in [1.54, 1.807) is 6.92 Å². The van der Waals surface area contributed by atoms with E-state index in [1.165, 1.54) is 0 Å². The monoisotopic (exact) mass is 516 g/mol. The molecule has 186 valence electrons. The van der Waals surface area contributed by atoms with Crippen molar-refractivity contribution in [3.8, 4) is 0 Å². The molecule has 0 N–H and O–H groups in total. The van der Waals surface area contributed by atoms with E-state index in [-0.39, 0.29) is 23.9 Å². The Morgan fingerprint density at radius 1 is 1.06 bits per heavy atom. The second-order valence-electron chi connectivity index (χ2n) is 9.72. The molecule has 0 radical (unpaired) electrons. The Hall–Kier alpha value is -2.58. The maximum absolute atomic E-state index is 13.3. The van der Waals surface area contributed by atoms with Crippen LogP contribution in [0.3, 0.4) is 0 Å². The van der Waals surface area contributed by atoms with Crippen molar-refractivity contribution in [1.29, 1.82) is 0 Å². The summed E-state index contributed by atoms with van der Waals surface area (Å²) in [6, 6.07) is 5.95. The minimum absolute atomic E-state index is 0.0486. The first-order valence-corrected chi connectivity index (χ1v) is 12.9. The SMILES string of the molecule is CC(=O)N1CCN(c2nc3c(c(N4CCCC4c4ccc(Cl)c(Cl)c4)n2)CN(C(C)C)C3=O)CC1. The van der Waals surface area contributed by atoms with Crippen molar-refractivity contribution in [1.82, 2.24) is 19.8 Å². The average Bonchev–Trinajstić information content (AvgIpc) is 3.45. The molecule has 0 saturated carbocycles. The molecule has 1 aromatic heterocycles. The highest BCUT2D eigenvalue weighted by Crippen LogP contribution is 2.41. The smallest absolute Gasteiger partial charge is 0.273 e. The Kier molecular flexibility index (Phi) is 6.53. The van der Waals surface area contributed by atoms with Gasteiger partial charge in [-0.25, -0.2) is 4.98 Å². The number of carbonyl (C=O) groups excluding carboxylic acids is 2. The van der Waals surface area contributed by atoms with E-state index >= 15 is 0 Å². The summed E-state index contributed by atoms with van der Waals surface area (Å²) in [4.78, 5) is 43.0. The molecule has 8 nitrogen and oxygen atoms in total. The van der Waals surface area contributed by atoms with E-state index in [2.05, 4.69) is 9.80 Å². The molecule has 4 heterocycles. The molecule has 0 spiro atoms. The average molecular weight is 517 g/mol. The van der Waals surface area contributed by atoms with E-state index in [9.17, 15) is 9.59 Å². The van der Waals surface area contributed by atoms with Gasteiger partial charge in [-0.2, -0.15) is 4.98 Å². The van der Waals surface area contributed by atoms with Crippen molar-refractivity contribution in [2.24, 2.45) is 0 Å². The number of aromatic nitrogens is 2. The standard InChI is InChI=1S/C25H30Cl2N6O2/c1-15(2)33-14-18-22(24(33)35)28-25(31-11-9-30(10-12-31)16(3)34)29-23(18)32-8-4-5-21(32)17-6-7-19(26)20(27)13-17/h6-7,13,15,21H,4-5,8-12,14H2,1-3H3. The van der Waals surface area contributed by atoms with Crippen LogP contribution in [0.2, 0.25) is 10.0 Å². The lowest BCUT2D eigenvalue weighted by Crippen LogP contribution is -2.48. The van der Waals surface area contributed by atoms with Gasteiger partial charge in [-0.1, -0.05) is 29.3 Å². The lowest BCUT2D eigenvalue weighted by atomic mass is 10.0. The zero-order chi connectivity index (χ0) is 24.9. The van der Waals surface area contributed by atoms with Crippen LogP contribution >= 0.6 is 23.2 Å². The Labute approximate surface area is 215 Å². The molecule has 0 aliphatic carbocycles. The fourth-order valence-electron chi connectivity index (χ4n) is 5.27. The van der Waals surface area contributed by atoms with Gasteiger partial charge in [0.1, 0.15) is 11.5 Å². The molecule has 0 bridgehead atoms. The third kappa shape index (κ3) is 4.42. The summed E-state index contributed by atoms with van der Waals surface area (Å²) in [6.45, 7) is 9.48. The van der Waals surface area contributed by atoms with Gasteiger partial charge in [0.15, 0.2) is 0 Å². The van der Waals surface area contributed by atoms with Crippen LogP contribution in [0.25, 0.3) is 0 Å². The summed E-state index contributed by atoms with van der Waals surface area (Å²) < 4.78 is 0. The quantitative estimate of drug-likeness (QED) is 0.607. The van der Waals surface area contributed by atoms with Crippen LogP contribution in [0.15, 0.2) is 18.2 Å². The van der Waals surface area contributed by atoms with Crippen LogP contribution in [0, 0.1) is 0 Å². The molecule has 1 aromatic carbocycles. The number of hydrogen-bond donors (Lipinski definition) is 0. The van der Waals surface area contributed by atoms with Crippen LogP contribution in [0.4, 0.5) is 11.8 Å². The van der Waals surface area contributed by atoms with Crippen molar-refractivity contribution in [2.45, 2.75) is 52.2 Å². The van der Waals surface area contributed by atoms with Gasteiger partial charge in [-0.05, 0) is 44.4 Å². The van der Waals surface area contributed by atoms with Gasteiger partial charge < -0.3 is 19.6 Å². The van der Waals surface area contributed by atoms with Gasteiger partial charge in [0.25, 0.3) is 5.91 Å². The van der Waals surface area contributed by atoms with Gasteiger partial charge in [-0.15, -0.1) is 0 Å². The second-order valence-corrected chi connectivity index (χ2v) is 10.5. The first kappa shape index (κ1) is 24.1. The van der Waals surface area contributed by atoms with E-state index in [0.29, 0.717) is 54.4 Å². The molecule has 3 aliphatic heterocycles. The molecular formula is C25H30Cl2N6O2. The Morgan fingerprint density at radius 2 is 1.80 bits per heavy atom. The predicted molar refractivity (Wildman–Crippen MR) is 137 cm³/mol. The van der Waals surface area contributed by atoms with Crippen molar-refractivity contribution in [2.75, 3.05) is 42.5 Å². The number of benzene rings is 1. The van der Waals surface area contributed by atoms with Gasteiger partial charge in [0, 0.05) is 51.3 Å². The second kappa shape index (κ2) is 9.47. The summed E-state index contributed by atoms with van der Waals surface area (Å²) in [6.07, 6.45) is 1.98. The number of fused-ring (bicyclic) bond motifs is 1. The predicted octanol–water partition coefficient (Wildman–Crippen LogP) is 4.16. The van der Waals surface area contributed by atoms with Gasteiger partial charge in [0.05, 0.1) is 22.6 Å². The van der Waals surface area contributed by atoms with Gasteiger partial charge in [0.2, 0.25) is 11.9 Å². The van der Waals surface area contributed by atoms with Crippen molar-refractivity contribution in [3.63, 3.8) is 0 Å². The summed E-state index contributed by atoms with van der Waals surface area (Å²) in [7, 11) is 0. The summed E-state index contributed by atoms with van der Waals surface area (Å²) in [5.41, 5.74) is 2.47. The van der Waals surface area contributed by atoms with E-state index in [1.807, 2.05) is 41.8 Å². The molecule has 1 unspecified atom stereocenters. The van der Waals surface area contributed by atoms with Crippen molar-refractivity contribution in [3.05, 3.63) is 45.1 Å². The fourth-order valence-corrected chi connectivity index (χ4v) is 5.57. The number of amides is 2. The highest BCUT2D eigenvalue weighted by Gasteiger charge is 2.39. The minimum Gasteiger partial charge on any atom is -0.349 e. The number of rotatable bonds is 4. The van der Waals surface area contributed by atoms with Gasteiger partial charge in [-0.3, -0.25) is 9.59 Å². The fraction of sp³-hybridized carbons (Fsp3) is 0.520. The molecule has 10 heteroatoms. The lowest BCUT2D eigenvalue weighted by Gasteiger charge is -2.35. The number of piperazine rings is 1. The number of carbonyl (C=O) groups is 2. The van der Waals surface area contributed by atoms with E-state index < -0.39 is 0 Å². The maximum atomic E-state index is 13.3. The number of nitrogens with zero attached hydrogens (tertiary/aromatic N) is 6. The van der Waals surface area contributed by atoms with E-state index in [0.717, 1.165) is 36.3 Å². The molecule has 1 atom stereocenters. The first-order chi connectivity index (χ1) is 16.7. The Morgan fingerprint density at radius 3 is 2.46 bits per heavy atom. The molecule has 2 amide bonds. The van der Waals surface area contributed by atoms with Crippen LogP contribution in [0.5, 0.6) is 0 Å². The molecule has 3 aliphatic rings. The highest BCUT2D eigenvalue weighted by atomic mass is 35.5. The first-order valence-electron chi connectivity index (χ1n) is 12.2. The Bertz CT molecular complexity index is 1160. The molecule has 2 fully saturated rings.